The molecule has 3 rings (SSSR count). The first-order chi connectivity index (χ1) is 15.7. The zero-order valence-electron chi connectivity index (χ0n) is 18.8. The molecular formula is C23H26F3N5OS. The Bertz CT molecular complexity index is 1110. The van der Waals surface area contributed by atoms with E-state index in [-0.39, 0.29) is 6.04 Å². The predicted molar refractivity (Wildman–Crippen MR) is 123 cm³/mol. The number of hydrogen-bond acceptors (Lipinski definition) is 5. The topological polar surface area (TPSA) is 63.1 Å². The fourth-order valence-corrected chi connectivity index (χ4v) is 4.25. The second-order valence-corrected chi connectivity index (χ2v) is 9.08. The zero-order valence-corrected chi connectivity index (χ0v) is 19.7. The van der Waals surface area contributed by atoms with Gasteiger partial charge in [0.25, 0.3) is 0 Å². The molecule has 0 aliphatic heterocycles. The summed E-state index contributed by atoms with van der Waals surface area (Å²) in [6.45, 7) is 4.20. The first-order valence-electron chi connectivity index (χ1n) is 10.5. The maximum Gasteiger partial charge on any atom is 0.237 e. The Morgan fingerprint density at radius 3 is 2.42 bits per heavy atom. The molecule has 1 amide bonds. The van der Waals surface area contributed by atoms with Crippen LogP contribution in [0.25, 0.3) is 0 Å². The Hall–Kier alpha value is -2.85. The van der Waals surface area contributed by atoms with Crippen LogP contribution < -0.4 is 5.32 Å². The molecule has 0 fully saturated rings. The number of hydrogen-bond donors (Lipinski definition) is 1. The van der Waals surface area contributed by atoms with Gasteiger partial charge in [-0.2, -0.15) is 0 Å². The smallest absolute Gasteiger partial charge is 0.237 e. The van der Waals surface area contributed by atoms with Crippen molar-refractivity contribution in [2.45, 2.75) is 43.3 Å². The number of anilines is 1. The maximum absolute atomic E-state index is 14.0. The summed E-state index contributed by atoms with van der Waals surface area (Å²) >= 11 is 1.16. The van der Waals surface area contributed by atoms with Gasteiger partial charge < -0.3 is 9.88 Å². The Kier molecular flexibility index (Phi) is 8.15. The normalized spacial score (nSPS) is 13.2. The van der Waals surface area contributed by atoms with Gasteiger partial charge in [0.2, 0.25) is 5.91 Å². The number of rotatable bonds is 9. The van der Waals surface area contributed by atoms with Gasteiger partial charge >= 0.3 is 0 Å². The number of amides is 1. The van der Waals surface area contributed by atoms with Gasteiger partial charge in [0, 0.05) is 0 Å². The molecular weight excluding hydrogens is 451 g/mol. The van der Waals surface area contributed by atoms with Crippen LogP contribution in [-0.2, 0) is 11.3 Å². The summed E-state index contributed by atoms with van der Waals surface area (Å²) in [5.74, 6) is -4.18. The number of aromatic nitrogens is 3. The SMILES string of the molecule is CC[C@H](c1nnc(S[C@H](C)C(=O)Nc2ccc(F)c(F)c2F)n1Cc1ccccc1)N(C)C. The summed E-state index contributed by atoms with van der Waals surface area (Å²) in [5.41, 5.74) is 0.631. The first-order valence-corrected chi connectivity index (χ1v) is 11.3. The van der Waals surface area contributed by atoms with Crippen LogP contribution in [0.1, 0.15) is 37.7 Å². The molecule has 1 heterocycles. The van der Waals surface area contributed by atoms with Crippen LogP contribution in [0.4, 0.5) is 18.9 Å². The number of carbonyl (C=O) groups is 1. The van der Waals surface area contributed by atoms with Crippen LogP contribution in [0.15, 0.2) is 47.6 Å². The van der Waals surface area contributed by atoms with E-state index < -0.39 is 34.3 Å². The molecule has 33 heavy (non-hydrogen) atoms. The minimum atomic E-state index is -1.63. The first kappa shape index (κ1) is 24.8. The molecule has 0 saturated carbocycles. The van der Waals surface area contributed by atoms with E-state index in [9.17, 15) is 18.0 Å². The van der Waals surface area contributed by atoms with Gasteiger partial charge in [-0.25, -0.2) is 13.2 Å². The van der Waals surface area contributed by atoms with Gasteiger partial charge in [-0.1, -0.05) is 49.0 Å². The van der Waals surface area contributed by atoms with Gasteiger partial charge in [0.1, 0.15) is 0 Å². The molecule has 1 N–H and O–H groups in total. The summed E-state index contributed by atoms with van der Waals surface area (Å²) < 4.78 is 42.6. The highest BCUT2D eigenvalue weighted by molar-refractivity contribution is 8.00. The number of thioether (sulfide) groups is 1. The molecule has 6 nitrogen and oxygen atoms in total. The lowest BCUT2D eigenvalue weighted by molar-refractivity contribution is -0.115. The van der Waals surface area contributed by atoms with Gasteiger partial charge in [0.05, 0.1) is 23.5 Å². The molecule has 0 unspecified atom stereocenters. The summed E-state index contributed by atoms with van der Waals surface area (Å²) in [4.78, 5) is 14.7. The number of nitrogens with zero attached hydrogens (tertiary/aromatic N) is 4. The molecule has 1 aromatic heterocycles. The van der Waals surface area contributed by atoms with Crippen LogP contribution >= 0.6 is 11.8 Å². The van der Waals surface area contributed by atoms with E-state index >= 15 is 0 Å². The summed E-state index contributed by atoms with van der Waals surface area (Å²) in [6.07, 6.45) is 0.816. The standard InChI is InChI=1S/C23H26F3N5OS/c1-5-18(30(3)4)21-28-29-23(31(21)13-15-9-7-6-8-10-15)33-14(2)22(32)27-17-12-11-16(24)19(25)20(17)26/h6-12,14,18H,5,13H2,1-4H3,(H,27,32)/t14-,18-/m1/s1. The summed E-state index contributed by atoms with van der Waals surface area (Å²) in [5, 5.41) is 10.9. The summed E-state index contributed by atoms with van der Waals surface area (Å²) in [6, 6.07) is 11.6. The molecule has 0 radical (unpaired) electrons. The van der Waals surface area contributed by atoms with E-state index in [1.807, 2.05) is 49.0 Å². The van der Waals surface area contributed by atoms with Crippen molar-refractivity contribution in [2.75, 3.05) is 19.4 Å². The highest BCUT2D eigenvalue weighted by Crippen LogP contribution is 2.29. The highest BCUT2D eigenvalue weighted by Gasteiger charge is 2.26. The van der Waals surface area contributed by atoms with Crippen molar-refractivity contribution < 1.29 is 18.0 Å². The fraction of sp³-hybridized carbons (Fsp3) is 0.348. The monoisotopic (exact) mass is 477 g/mol. The highest BCUT2D eigenvalue weighted by atomic mass is 32.2. The van der Waals surface area contributed by atoms with Crippen molar-refractivity contribution >= 4 is 23.4 Å². The van der Waals surface area contributed by atoms with Crippen molar-refractivity contribution in [3.8, 4) is 0 Å². The van der Waals surface area contributed by atoms with E-state index in [0.29, 0.717) is 11.7 Å². The fourth-order valence-electron chi connectivity index (χ4n) is 3.40. The summed E-state index contributed by atoms with van der Waals surface area (Å²) in [7, 11) is 3.93. The number of carbonyl (C=O) groups excluding carboxylic acids is 1. The lowest BCUT2D eigenvalue weighted by atomic mass is 10.2. The van der Waals surface area contributed by atoms with E-state index in [2.05, 4.69) is 27.3 Å². The Balaban J connectivity index is 1.85. The minimum Gasteiger partial charge on any atom is -0.323 e. The third kappa shape index (κ3) is 5.75. The maximum atomic E-state index is 14.0. The van der Waals surface area contributed by atoms with Crippen molar-refractivity contribution in [3.63, 3.8) is 0 Å². The van der Waals surface area contributed by atoms with E-state index in [1.165, 1.54) is 0 Å². The van der Waals surface area contributed by atoms with Gasteiger partial charge in [-0.15, -0.1) is 10.2 Å². The number of nitrogens with one attached hydrogen (secondary N) is 1. The Morgan fingerprint density at radius 2 is 1.79 bits per heavy atom. The van der Waals surface area contributed by atoms with E-state index in [4.69, 9.17) is 0 Å². The van der Waals surface area contributed by atoms with E-state index in [1.54, 1.807) is 6.92 Å². The van der Waals surface area contributed by atoms with Gasteiger partial charge in [-0.3, -0.25) is 9.69 Å². The Labute approximate surface area is 195 Å². The largest absolute Gasteiger partial charge is 0.323 e. The molecule has 10 heteroatoms. The van der Waals surface area contributed by atoms with Crippen LogP contribution in [-0.4, -0.2) is 44.9 Å². The second-order valence-electron chi connectivity index (χ2n) is 7.77. The zero-order chi connectivity index (χ0) is 24.1. The van der Waals surface area contributed by atoms with Gasteiger partial charge in [-0.05, 0) is 45.1 Å². The quantitative estimate of drug-likeness (QED) is 0.352. The molecule has 2 atom stereocenters. The minimum absolute atomic E-state index is 0.0241. The van der Waals surface area contributed by atoms with Crippen molar-refractivity contribution in [1.29, 1.82) is 0 Å². The third-order valence-corrected chi connectivity index (χ3v) is 6.26. The lowest BCUT2D eigenvalue weighted by Crippen LogP contribution is -2.25. The van der Waals surface area contributed by atoms with E-state index in [0.717, 1.165) is 41.7 Å². The average Bonchev–Trinajstić information content (AvgIpc) is 3.16. The molecule has 0 saturated heterocycles. The molecule has 0 bridgehead atoms. The molecule has 0 aliphatic rings. The molecule has 176 valence electrons. The average molecular weight is 478 g/mol. The lowest BCUT2D eigenvalue weighted by Gasteiger charge is -2.23. The molecule has 0 aliphatic carbocycles. The third-order valence-electron chi connectivity index (χ3n) is 5.18. The van der Waals surface area contributed by atoms with Gasteiger partial charge in [0.15, 0.2) is 28.4 Å². The predicted octanol–water partition coefficient (Wildman–Crippen LogP) is 4.88. The number of halogens is 3. The van der Waals surface area contributed by atoms with Crippen LogP contribution in [0.2, 0.25) is 0 Å². The van der Waals surface area contributed by atoms with Crippen molar-refractivity contribution in [2.24, 2.45) is 0 Å². The van der Waals surface area contributed by atoms with Crippen molar-refractivity contribution in [1.82, 2.24) is 19.7 Å². The molecule has 2 aromatic carbocycles. The molecule has 3 aromatic rings. The van der Waals surface area contributed by atoms with Crippen LogP contribution in [0.3, 0.4) is 0 Å². The number of benzene rings is 2. The van der Waals surface area contributed by atoms with Crippen molar-refractivity contribution in [3.05, 3.63) is 71.3 Å². The van der Waals surface area contributed by atoms with Crippen LogP contribution in [0.5, 0.6) is 0 Å². The second kappa shape index (κ2) is 10.8. The molecule has 0 spiro atoms. The van der Waals surface area contributed by atoms with Crippen LogP contribution in [0, 0.1) is 17.5 Å². The Morgan fingerprint density at radius 1 is 1.09 bits per heavy atom.